The Bertz CT molecular complexity index is 501. The lowest BCUT2D eigenvalue weighted by Gasteiger charge is -2.20. The summed E-state index contributed by atoms with van der Waals surface area (Å²) >= 11 is 0. The fourth-order valence-corrected chi connectivity index (χ4v) is 2.80. The number of nitrogens with zero attached hydrogens (tertiary/aromatic N) is 1. The number of aliphatic hydroxyl groups excluding tert-OH is 2. The molecule has 0 amide bonds. The molecule has 0 aliphatic rings. The lowest BCUT2D eigenvalue weighted by molar-refractivity contribution is 0.217. The molecule has 18 heavy (non-hydrogen) atoms. The SMILES string of the molecule is O=S(=O)(c1ccc(F)c(F)c1)N(CCO)CCO. The highest BCUT2D eigenvalue weighted by Gasteiger charge is 2.24. The molecule has 0 atom stereocenters. The van der Waals surface area contributed by atoms with Crippen LogP contribution >= 0.6 is 0 Å². The van der Waals surface area contributed by atoms with Crippen LogP contribution in [0.3, 0.4) is 0 Å². The molecular weight excluding hydrogens is 268 g/mol. The van der Waals surface area contributed by atoms with E-state index in [0.717, 1.165) is 10.4 Å². The van der Waals surface area contributed by atoms with Gasteiger partial charge in [-0.1, -0.05) is 0 Å². The summed E-state index contributed by atoms with van der Waals surface area (Å²) in [6.45, 7) is -1.35. The second-order valence-electron chi connectivity index (χ2n) is 3.43. The first kappa shape index (κ1) is 15.0. The highest BCUT2D eigenvalue weighted by molar-refractivity contribution is 7.89. The Balaban J connectivity index is 3.13. The van der Waals surface area contributed by atoms with Gasteiger partial charge in [0.25, 0.3) is 0 Å². The average Bonchev–Trinajstić information content (AvgIpc) is 2.32. The molecule has 8 heteroatoms. The van der Waals surface area contributed by atoms with Crippen molar-refractivity contribution in [2.45, 2.75) is 4.90 Å². The summed E-state index contributed by atoms with van der Waals surface area (Å²) in [7, 11) is -4.06. The van der Waals surface area contributed by atoms with Crippen molar-refractivity contribution in [3.05, 3.63) is 29.8 Å². The van der Waals surface area contributed by atoms with E-state index >= 15 is 0 Å². The predicted molar refractivity (Wildman–Crippen MR) is 59.3 cm³/mol. The summed E-state index contributed by atoms with van der Waals surface area (Å²) in [5.74, 6) is -2.42. The van der Waals surface area contributed by atoms with Gasteiger partial charge < -0.3 is 10.2 Å². The van der Waals surface area contributed by atoms with Crippen molar-refractivity contribution in [3.63, 3.8) is 0 Å². The van der Waals surface area contributed by atoms with Crippen molar-refractivity contribution < 1.29 is 27.4 Å². The van der Waals surface area contributed by atoms with Crippen molar-refractivity contribution in [1.82, 2.24) is 4.31 Å². The van der Waals surface area contributed by atoms with Gasteiger partial charge in [0.05, 0.1) is 18.1 Å². The maximum Gasteiger partial charge on any atom is 0.243 e. The maximum absolute atomic E-state index is 13.0. The molecule has 0 aliphatic carbocycles. The Morgan fingerprint density at radius 3 is 2.06 bits per heavy atom. The Morgan fingerprint density at radius 2 is 1.61 bits per heavy atom. The molecule has 0 saturated heterocycles. The van der Waals surface area contributed by atoms with Gasteiger partial charge in [-0.3, -0.25) is 0 Å². The first-order valence-electron chi connectivity index (χ1n) is 5.10. The summed E-state index contributed by atoms with van der Waals surface area (Å²) in [5.41, 5.74) is 0. The Kier molecular flexibility index (Phi) is 5.15. The van der Waals surface area contributed by atoms with Gasteiger partial charge in [-0.15, -0.1) is 0 Å². The molecule has 0 heterocycles. The molecule has 1 aromatic carbocycles. The highest BCUT2D eigenvalue weighted by atomic mass is 32.2. The van der Waals surface area contributed by atoms with Crippen LogP contribution in [0.15, 0.2) is 23.1 Å². The van der Waals surface area contributed by atoms with E-state index in [-0.39, 0.29) is 13.1 Å². The molecule has 1 aromatic rings. The third-order valence-corrected chi connectivity index (χ3v) is 4.12. The summed E-state index contributed by atoms with van der Waals surface area (Å²) in [4.78, 5) is -0.427. The lowest BCUT2D eigenvalue weighted by Crippen LogP contribution is -2.35. The molecule has 0 bridgehead atoms. The second-order valence-corrected chi connectivity index (χ2v) is 5.37. The van der Waals surface area contributed by atoms with Crippen LogP contribution in [0.25, 0.3) is 0 Å². The van der Waals surface area contributed by atoms with Crippen LogP contribution in [0, 0.1) is 11.6 Å². The number of hydrogen-bond donors (Lipinski definition) is 2. The van der Waals surface area contributed by atoms with E-state index < -0.39 is 39.8 Å². The number of benzene rings is 1. The monoisotopic (exact) mass is 281 g/mol. The van der Waals surface area contributed by atoms with E-state index in [1.165, 1.54) is 0 Å². The Morgan fingerprint density at radius 1 is 1.06 bits per heavy atom. The van der Waals surface area contributed by atoms with Crippen LogP contribution in [0.5, 0.6) is 0 Å². The minimum absolute atomic E-state index is 0.234. The molecule has 5 nitrogen and oxygen atoms in total. The quantitative estimate of drug-likeness (QED) is 0.766. The summed E-state index contributed by atoms with van der Waals surface area (Å²) in [6.07, 6.45) is 0. The lowest BCUT2D eigenvalue weighted by atomic mass is 10.3. The van der Waals surface area contributed by atoms with Crippen molar-refractivity contribution in [3.8, 4) is 0 Å². The molecule has 0 radical (unpaired) electrons. The van der Waals surface area contributed by atoms with Gasteiger partial charge in [-0.25, -0.2) is 17.2 Å². The molecule has 1 rings (SSSR count). The van der Waals surface area contributed by atoms with Crippen molar-refractivity contribution in [1.29, 1.82) is 0 Å². The molecule has 0 fully saturated rings. The van der Waals surface area contributed by atoms with Crippen LogP contribution < -0.4 is 0 Å². The van der Waals surface area contributed by atoms with Gasteiger partial charge in [-0.05, 0) is 18.2 Å². The maximum atomic E-state index is 13.0. The molecule has 0 aliphatic heterocycles. The van der Waals surface area contributed by atoms with E-state index in [0.29, 0.717) is 12.1 Å². The number of rotatable bonds is 6. The summed E-state index contributed by atoms with van der Waals surface area (Å²) < 4.78 is 50.5. The van der Waals surface area contributed by atoms with Gasteiger partial charge >= 0.3 is 0 Å². The summed E-state index contributed by atoms with van der Waals surface area (Å²) in [6, 6.07) is 2.19. The molecular formula is C10H13F2NO4S. The highest BCUT2D eigenvalue weighted by Crippen LogP contribution is 2.18. The minimum Gasteiger partial charge on any atom is -0.395 e. The number of sulfonamides is 1. The van der Waals surface area contributed by atoms with Crippen LogP contribution in [0.2, 0.25) is 0 Å². The van der Waals surface area contributed by atoms with Gasteiger partial charge in [0, 0.05) is 13.1 Å². The predicted octanol–water partition coefficient (Wildman–Crippen LogP) is -0.0599. The van der Waals surface area contributed by atoms with Gasteiger partial charge in [0.2, 0.25) is 10.0 Å². The fraction of sp³-hybridized carbons (Fsp3) is 0.400. The van der Waals surface area contributed by atoms with Gasteiger partial charge in [0.15, 0.2) is 11.6 Å². The second kappa shape index (κ2) is 6.19. The molecule has 0 spiro atoms. The number of aliphatic hydroxyl groups is 2. The van der Waals surface area contributed by atoms with E-state index in [1.54, 1.807) is 0 Å². The minimum atomic E-state index is -4.06. The van der Waals surface area contributed by atoms with E-state index in [1.807, 2.05) is 0 Å². The van der Waals surface area contributed by atoms with Crippen LogP contribution in [-0.2, 0) is 10.0 Å². The zero-order chi connectivity index (χ0) is 13.8. The zero-order valence-electron chi connectivity index (χ0n) is 9.38. The van der Waals surface area contributed by atoms with Crippen molar-refractivity contribution >= 4 is 10.0 Å². The Labute approximate surface area is 103 Å². The van der Waals surface area contributed by atoms with E-state index in [2.05, 4.69) is 0 Å². The zero-order valence-corrected chi connectivity index (χ0v) is 10.2. The van der Waals surface area contributed by atoms with Gasteiger partial charge in [0.1, 0.15) is 0 Å². The smallest absolute Gasteiger partial charge is 0.243 e. The number of hydrogen-bond acceptors (Lipinski definition) is 4. The third kappa shape index (κ3) is 3.22. The first-order valence-corrected chi connectivity index (χ1v) is 6.54. The molecule has 0 saturated carbocycles. The van der Waals surface area contributed by atoms with E-state index in [4.69, 9.17) is 10.2 Å². The fourth-order valence-electron chi connectivity index (χ4n) is 1.36. The first-order chi connectivity index (χ1) is 8.43. The average molecular weight is 281 g/mol. The summed E-state index contributed by atoms with van der Waals surface area (Å²) in [5, 5.41) is 17.5. The largest absolute Gasteiger partial charge is 0.395 e. The standard InChI is InChI=1S/C10H13F2NO4S/c11-9-2-1-8(7-10(9)12)18(16,17)13(3-5-14)4-6-15/h1-2,7,14-15H,3-6H2. The molecule has 102 valence electrons. The van der Waals surface area contributed by atoms with Crippen molar-refractivity contribution in [2.75, 3.05) is 26.3 Å². The van der Waals surface area contributed by atoms with Gasteiger partial charge in [-0.2, -0.15) is 4.31 Å². The Hall–Kier alpha value is -1.09. The normalized spacial score (nSPS) is 12.1. The topological polar surface area (TPSA) is 77.8 Å². The molecule has 0 aromatic heterocycles. The van der Waals surface area contributed by atoms with Crippen LogP contribution in [0.4, 0.5) is 8.78 Å². The van der Waals surface area contributed by atoms with Crippen LogP contribution in [0.1, 0.15) is 0 Å². The van der Waals surface area contributed by atoms with Crippen molar-refractivity contribution in [2.24, 2.45) is 0 Å². The molecule has 2 N–H and O–H groups in total. The number of halogens is 2. The third-order valence-electron chi connectivity index (χ3n) is 2.23. The van der Waals surface area contributed by atoms with Crippen LogP contribution in [-0.4, -0.2) is 49.2 Å². The molecule has 0 unspecified atom stereocenters. The van der Waals surface area contributed by atoms with E-state index in [9.17, 15) is 17.2 Å².